The minimum atomic E-state index is -0.370. The first kappa shape index (κ1) is 18.8. The molecular formula is C22H29ClN2O2. The van der Waals surface area contributed by atoms with Gasteiger partial charge in [0, 0.05) is 37.1 Å². The van der Waals surface area contributed by atoms with Crippen molar-refractivity contribution in [3.8, 4) is 0 Å². The summed E-state index contributed by atoms with van der Waals surface area (Å²) in [5, 5.41) is 0.687. The van der Waals surface area contributed by atoms with Crippen molar-refractivity contribution in [3.63, 3.8) is 0 Å². The van der Waals surface area contributed by atoms with Crippen LogP contribution in [0.4, 0.5) is 0 Å². The Balaban J connectivity index is 1.35. The van der Waals surface area contributed by atoms with Crippen LogP contribution < -0.4 is 0 Å². The van der Waals surface area contributed by atoms with Gasteiger partial charge in [-0.2, -0.15) is 0 Å². The molecule has 2 aliphatic heterocycles. The maximum atomic E-state index is 13.2. The zero-order chi connectivity index (χ0) is 19.0. The molecule has 5 heteroatoms. The summed E-state index contributed by atoms with van der Waals surface area (Å²) in [7, 11) is 0. The molecule has 1 aromatic carbocycles. The molecule has 27 heavy (non-hydrogen) atoms. The number of hydrogen-bond donors (Lipinski definition) is 0. The lowest BCUT2D eigenvalue weighted by Gasteiger charge is -2.37. The van der Waals surface area contributed by atoms with Gasteiger partial charge in [-0.15, -0.1) is 0 Å². The molecule has 0 spiro atoms. The average molecular weight is 389 g/mol. The molecular weight excluding hydrogens is 360 g/mol. The first-order valence-corrected chi connectivity index (χ1v) is 10.7. The van der Waals surface area contributed by atoms with Gasteiger partial charge in [0.1, 0.15) is 0 Å². The predicted molar refractivity (Wildman–Crippen MR) is 107 cm³/mol. The Labute approximate surface area is 166 Å². The lowest BCUT2D eigenvalue weighted by atomic mass is 9.90. The van der Waals surface area contributed by atoms with Crippen molar-refractivity contribution in [3.05, 3.63) is 34.9 Å². The molecule has 0 atom stereocenters. The molecule has 1 aromatic rings. The molecule has 0 bridgehead atoms. The van der Waals surface area contributed by atoms with Crippen LogP contribution in [0.15, 0.2) is 24.3 Å². The Morgan fingerprint density at radius 2 is 1.63 bits per heavy atom. The molecule has 1 saturated carbocycles. The summed E-state index contributed by atoms with van der Waals surface area (Å²) in [5.41, 5.74) is 0.672. The number of rotatable bonds is 3. The first-order chi connectivity index (χ1) is 13.0. The highest BCUT2D eigenvalue weighted by molar-refractivity contribution is 6.30. The van der Waals surface area contributed by atoms with E-state index in [9.17, 15) is 9.59 Å². The summed E-state index contributed by atoms with van der Waals surface area (Å²) in [6, 6.07) is 7.73. The number of nitrogens with zero attached hydrogens (tertiary/aromatic N) is 2. The van der Waals surface area contributed by atoms with Crippen molar-refractivity contribution < 1.29 is 9.59 Å². The van der Waals surface area contributed by atoms with Crippen LogP contribution in [0.1, 0.15) is 51.0 Å². The topological polar surface area (TPSA) is 40.6 Å². The van der Waals surface area contributed by atoms with E-state index in [4.69, 9.17) is 11.6 Å². The smallest absolute Gasteiger partial charge is 0.233 e. The Morgan fingerprint density at radius 3 is 2.22 bits per heavy atom. The highest BCUT2D eigenvalue weighted by Crippen LogP contribution is 2.50. The van der Waals surface area contributed by atoms with Crippen molar-refractivity contribution in [2.24, 2.45) is 11.8 Å². The molecule has 0 unspecified atom stereocenters. The number of carbonyl (C=O) groups excluding carboxylic acids is 2. The van der Waals surface area contributed by atoms with Gasteiger partial charge >= 0.3 is 0 Å². The van der Waals surface area contributed by atoms with E-state index in [0.717, 1.165) is 63.1 Å². The summed E-state index contributed by atoms with van der Waals surface area (Å²) in [6.45, 7) is 5.46. The van der Waals surface area contributed by atoms with Gasteiger partial charge in [0.25, 0.3) is 0 Å². The maximum Gasteiger partial charge on any atom is 0.233 e. The summed E-state index contributed by atoms with van der Waals surface area (Å²) in [4.78, 5) is 30.0. The Bertz CT molecular complexity index is 715. The molecule has 2 saturated heterocycles. The van der Waals surface area contributed by atoms with Gasteiger partial charge in [0.2, 0.25) is 11.8 Å². The summed E-state index contributed by atoms with van der Waals surface area (Å²) >= 11 is 6.14. The molecule has 0 radical (unpaired) electrons. The second kappa shape index (κ2) is 7.46. The molecule has 1 aliphatic carbocycles. The second-order valence-electron chi connectivity index (χ2n) is 8.67. The van der Waals surface area contributed by atoms with Crippen LogP contribution in [0, 0.1) is 11.8 Å². The van der Waals surface area contributed by atoms with Crippen LogP contribution in [-0.2, 0) is 15.0 Å². The highest BCUT2D eigenvalue weighted by atomic mass is 35.5. The van der Waals surface area contributed by atoms with E-state index < -0.39 is 0 Å². The molecule has 4 rings (SSSR count). The number of likely N-dealkylation sites (tertiary alicyclic amines) is 2. The fourth-order valence-corrected chi connectivity index (χ4v) is 4.85. The fourth-order valence-electron chi connectivity index (χ4n) is 4.66. The summed E-state index contributed by atoms with van der Waals surface area (Å²) in [5.74, 6) is 1.35. The second-order valence-corrected chi connectivity index (χ2v) is 9.10. The van der Waals surface area contributed by atoms with E-state index in [1.165, 1.54) is 0 Å². The zero-order valence-electron chi connectivity index (χ0n) is 16.1. The van der Waals surface area contributed by atoms with Gasteiger partial charge in [-0.25, -0.2) is 0 Å². The van der Waals surface area contributed by atoms with Crippen LogP contribution in [-0.4, -0.2) is 47.8 Å². The Kier molecular flexibility index (Phi) is 5.19. The maximum absolute atomic E-state index is 13.2. The number of hydrogen-bond acceptors (Lipinski definition) is 2. The van der Waals surface area contributed by atoms with Gasteiger partial charge < -0.3 is 9.80 Å². The largest absolute Gasteiger partial charge is 0.342 e. The van der Waals surface area contributed by atoms with E-state index in [1.807, 2.05) is 29.2 Å². The van der Waals surface area contributed by atoms with Crippen LogP contribution in [0.5, 0.6) is 0 Å². The quantitative estimate of drug-likeness (QED) is 0.788. The van der Waals surface area contributed by atoms with Gasteiger partial charge in [-0.3, -0.25) is 9.59 Å². The minimum Gasteiger partial charge on any atom is -0.342 e. The Morgan fingerprint density at radius 1 is 1.00 bits per heavy atom. The third-order valence-corrected chi connectivity index (χ3v) is 7.00. The van der Waals surface area contributed by atoms with Gasteiger partial charge in [0.05, 0.1) is 5.41 Å². The van der Waals surface area contributed by atoms with Gasteiger partial charge in [0.15, 0.2) is 0 Å². The third kappa shape index (κ3) is 3.73. The standard InChI is InChI=1S/C22H29ClN2O2/c1-16-5-11-24(12-6-16)20(26)17-7-13-25(14-8-17)21(27)22(9-10-22)18-3-2-4-19(23)15-18/h2-4,15-17H,5-14H2,1H3. The van der Waals surface area contributed by atoms with Crippen LogP contribution in [0.25, 0.3) is 0 Å². The highest BCUT2D eigenvalue weighted by Gasteiger charge is 2.53. The van der Waals surface area contributed by atoms with Crippen molar-refractivity contribution >= 4 is 23.4 Å². The van der Waals surface area contributed by atoms with Crippen molar-refractivity contribution in [1.29, 1.82) is 0 Å². The molecule has 2 amide bonds. The SMILES string of the molecule is CC1CCN(C(=O)C2CCN(C(=O)C3(c4cccc(Cl)c4)CC3)CC2)CC1. The number of amides is 2. The first-order valence-electron chi connectivity index (χ1n) is 10.3. The molecule has 2 heterocycles. The summed E-state index contributed by atoms with van der Waals surface area (Å²) < 4.78 is 0. The van der Waals surface area contributed by atoms with Gasteiger partial charge in [-0.1, -0.05) is 30.7 Å². The van der Waals surface area contributed by atoms with E-state index >= 15 is 0 Å². The van der Waals surface area contributed by atoms with Crippen molar-refractivity contribution in [2.45, 2.75) is 50.9 Å². The van der Waals surface area contributed by atoms with Crippen molar-refractivity contribution in [1.82, 2.24) is 9.80 Å². The van der Waals surface area contributed by atoms with E-state index in [0.29, 0.717) is 24.0 Å². The van der Waals surface area contributed by atoms with Crippen LogP contribution in [0.2, 0.25) is 5.02 Å². The van der Waals surface area contributed by atoms with Gasteiger partial charge in [-0.05, 0) is 62.1 Å². The molecule has 4 nitrogen and oxygen atoms in total. The number of carbonyl (C=O) groups is 2. The number of halogens is 1. The van der Waals surface area contributed by atoms with E-state index in [-0.39, 0.29) is 17.2 Å². The molecule has 3 aliphatic rings. The Hall–Kier alpha value is -1.55. The molecule has 0 aromatic heterocycles. The number of piperidine rings is 2. The lowest BCUT2D eigenvalue weighted by molar-refractivity contribution is -0.142. The fraction of sp³-hybridized carbons (Fsp3) is 0.636. The van der Waals surface area contributed by atoms with E-state index in [2.05, 4.69) is 11.8 Å². The monoisotopic (exact) mass is 388 g/mol. The number of benzene rings is 1. The molecule has 146 valence electrons. The normalized spacial score (nSPS) is 23.3. The predicted octanol–water partition coefficient (Wildman–Crippen LogP) is 3.87. The molecule has 0 N–H and O–H groups in total. The lowest BCUT2D eigenvalue weighted by Crippen LogP contribution is -2.48. The average Bonchev–Trinajstić information content (AvgIpc) is 3.50. The van der Waals surface area contributed by atoms with Crippen LogP contribution in [0.3, 0.4) is 0 Å². The van der Waals surface area contributed by atoms with E-state index in [1.54, 1.807) is 0 Å². The molecule has 3 fully saturated rings. The minimum absolute atomic E-state index is 0.0868. The van der Waals surface area contributed by atoms with Crippen molar-refractivity contribution in [2.75, 3.05) is 26.2 Å². The van der Waals surface area contributed by atoms with Crippen LogP contribution >= 0.6 is 11.6 Å². The zero-order valence-corrected chi connectivity index (χ0v) is 16.9. The third-order valence-electron chi connectivity index (χ3n) is 6.76. The summed E-state index contributed by atoms with van der Waals surface area (Å²) in [6.07, 6.45) is 5.62.